The predicted molar refractivity (Wildman–Crippen MR) is 114 cm³/mol. The molecule has 0 aliphatic rings. The van der Waals surface area contributed by atoms with Gasteiger partial charge in [0.15, 0.2) is 5.96 Å². The first-order valence-electron chi connectivity index (χ1n) is 8.83. The standard InChI is InChI=1S/C19H25F3N4O.HI/c1-5-23-18(24-10-12(2)17-13(3)26-27-14(17)4)25-11-15-7-6-8-16(9-15)19(20,21)22;/h6-9,12H,5,10-11H2,1-4H3,(H2,23,24,25);1H. The molecule has 2 aromatic rings. The molecule has 0 radical (unpaired) electrons. The Kier molecular flexibility index (Phi) is 9.25. The minimum absolute atomic E-state index is 0. The number of nitrogens with zero attached hydrogens (tertiary/aromatic N) is 2. The average Bonchev–Trinajstić information content (AvgIpc) is 2.95. The van der Waals surface area contributed by atoms with Gasteiger partial charge in [-0.15, -0.1) is 24.0 Å². The Balaban J connectivity index is 0.00000392. The first-order chi connectivity index (χ1) is 12.7. The topological polar surface area (TPSA) is 62.5 Å². The van der Waals surface area contributed by atoms with E-state index in [2.05, 4.69) is 27.7 Å². The van der Waals surface area contributed by atoms with Gasteiger partial charge in [-0.1, -0.05) is 24.2 Å². The second kappa shape index (κ2) is 10.7. The Morgan fingerprint density at radius 2 is 1.96 bits per heavy atom. The van der Waals surface area contributed by atoms with Gasteiger partial charge in [0, 0.05) is 24.6 Å². The molecule has 1 aromatic carbocycles. The van der Waals surface area contributed by atoms with Crippen molar-refractivity contribution in [2.24, 2.45) is 4.99 Å². The summed E-state index contributed by atoms with van der Waals surface area (Å²) < 4.78 is 43.7. The van der Waals surface area contributed by atoms with E-state index in [1.165, 1.54) is 6.07 Å². The normalized spacial score (nSPS) is 13.0. The minimum Gasteiger partial charge on any atom is -0.361 e. The van der Waals surface area contributed by atoms with E-state index in [1.807, 2.05) is 20.8 Å². The number of alkyl halides is 3. The van der Waals surface area contributed by atoms with Gasteiger partial charge in [-0.25, -0.2) is 4.99 Å². The maximum Gasteiger partial charge on any atom is 0.416 e. The van der Waals surface area contributed by atoms with Crippen LogP contribution in [0.1, 0.15) is 47.9 Å². The van der Waals surface area contributed by atoms with E-state index in [1.54, 1.807) is 6.07 Å². The minimum atomic E-state index is -4.35. The lowest BCUT2D eigenvalue weighted by Gasteiger charge is -2.16. The third-order valence-electron chi connectivity index (χ3n) is 4.18. The SMILES string of the molecule is CCNC(=NCc1cccc(C(F)(F)F)c1)NCC(C)c1c(C)noc1C.I. The smallest absolute Gasteiger partial charge is 0.361 e. The highest BCUT2D eigenvalue weighted by Gasteiger charge is 2.30. The van der Waals surface area contributed by atoms with Crippen LogP contribution in [-0.4, -0.2) is 24.2 Å². The van der Waals surface area contributed by atoms with Crippen LogP contribution in [0.15, 0.2) is 33.8 Å². The zero-order valence-corrected chi connectivity index (χ0v) is 18.7. The highest BCUT2D eigenvalue weighted by atomic mass is 127. The summed E-state index contributed by atoms with van der Waals surface area (Å²) in [5, 5.41) is 10.3. The summed E-state index contributed by atoms with van der Waals surface area (Å²) in [6, 6.07) is 5.21. The summed E-state index contributed by atoms with van der Waals surface area (Å²) in [4.78, 5) is 4.39. The zero-order valence-electron chi connectivity index (χ0n) is 16.4. The molecule has 0 fully saturated rings. The Bertz CT molecular complexity index is 770. The van der Waals surface area contributed by atoms with E-state index < -0.39 is 11.7 Å². The molecule has 0 amide bonds. The largest absolute Gasteiger partial charge is 0.416 e. The summed E-state index contributed by atoms with van der Waals surface area (Å²) >= 11 is 0. The van der Waals surface area contributed by atoms with Crippen molar-refractivity contribution in [2.45, 2.75) is 46.3 Å². The van der Waals surface area contributed by atoms with Gasteiger partial charge in [0.05, 0.1) is 17.8 Å². The molecule has 1 heterocycles. The number of aliphatic imine (C=N–C) groups is 1. The molecule has 0 saturated heterocycles. The van der Waals surface area contributed by atoms with Gasteiger partial charge in [-0.05, 0) is 38.5 Å². The highest BCUT2D eigenvalue weighted by molar-refractivity contribution is 14.0. The Morgan fingerprint density at radius 1 is 1.25 bits per heavy atom. The fourth-order valence-corrected chi connectivity index (χ4v) is 2.90. The third kappa shape index (κ3) is 6.68. The van der Waals surface area contributed by atoms with Gasteiger partial charge in [-0.2, -0.15) is 13.2 Å². The van der Waals surface area contributed by atoms with E-state index in [0.717, 1.165) is 29.2 Å². The van der Waals surface area contributed by atoms with E-state index in [-0.39, 0.29) is 36.4 Å². The van der Waals surface area contributed by atoms with Crippen molar-refractivity contribution in [1.29, 1.82) is 0 Å². The number of benzene rings is 1. The fraction of sp³-hybridized carbons (Fsp3) is 0.474. The van der Waals surface area contributed by atoms with Gasteiger partial charge in [-0.3, -0.25) is 0 Å². The molecule has 0 bridgehead atoms. The van der Waals surface area contributed by atoms with Crippen LogP contribution in [0.25, 0.3) is 0 Å². The lowest BCUT2D eigenvalue weighted by Crippen LogP contribution is -2.39. The van der Waals surface area contributed by atoms with Crippen LogP contribution < -0.4 is 10.6 Å². The second-order valence-electron chi connectivity index (χ2n) is 6.41. The van der Waals surface area contributed by atoms with E-state index in [4.69, 9.17) is 4.52 Å². The number of halogens is 4. The molecular formula is C19H26F3IN4O. The molecular weight excluding hydrogens is 484 g/mol. The summed E-state index contributed by atoms with van der Waals surface area (Å²) in [6.07, 6.45) is -4.35. The summed E-state index contributed by atoms with van der Waals surface area (Å²) in [6.45, 7) is 9.15. The molecule has 0 aliphatic carbocycles. The van der Waals surface area contributed by atoms with Crippen LogP contribution >= 0.6 is 24.0 Å². The average molecular weight is 510 g/mol. The monoisotopic (exact) mass is 510 g/mol. The number of rotatable bonds is 6. The van der Waals surface area contributed by atoms with Gasteiger partial charge in [0.2, 0.25) is 0 Å². The number of hydrogen-bond donors (Lipinski definition) is 2. The first kappa shape index (κ1) is 24.3. The maximum atomic E-state index is 12.8. The first-order valence-corrected chi connectivity index (χ1v) is 8.83. The summed E-state index contributed by atoms with van der Waals surface area (Å²) in [5.74, 6) is 1.48. The molecule has 0 aliphatic heterocycles. The fourth-order valence-electron chi connectivity index (χ4n) is 2.90. The molecule has 0 spiro atoms. The van der Waals surface area contributed by atoms with Crippen LogP contribution in [0.5, 0.6) is 0 Å². The molecule has 5 nitrogen and oxygen atoms in total. The van der Waals surface area contributed by atoms with Crippen LogP contribution in [0.3, 0.4) is 0 Å². The quantitative estimate of drug-likeness (QED) is 0.334. The van der Waals surface area contributed by atoms with Crippen molar-refractivity contribution < 1.29 is 17.7 Å². The third-order valence-corrected chi connectivity index (χ3v) is 4.18. The van der Waals surface area contributed by atoms with Gasteiger partial charge >= 0.3 is 6.18 Å². The van der Waals surface area contributed by atoms with Crippen molar-refractivity contribution in [1.82, 2.24) is 15.8 Å². The van der Waals surface area contributed by atoms with Gasteiger partial charge in [0.25, 0.3) is 0 Å². The highest BCUT2D eigenvalue weighted by Crippen LogP contribution is 2.29. The van der Waals surface area contributed by atoms with Crippen LogP contribution in [0, 0.1) is 13.8 Å². The zero-order chi connectivity index (χ0) is 20.0. The molecule has 2 N–H and O–H groups in total. The molecule has 1 aromatic heterocycles. The molecule has 28 heavy (non-hydrogen) atoms. The molecule has 156 valence electrons. The number of nitrogens with one attached hydrogen (secondary N) is 2. The summed E-state index contributed by atoms with van der Waals surface area (Å²) in [7, 11) is 0. The molecule has 1 atom stereocenters. The van der Waals surface area contributed by atoms with Crippen molar-refractivity contribution in [3.8, 4) is 0 Å². The van der Waals surface area contributed by atoms with Crippen molar-refractivity contribution in [2.75, 3.05) is 13.1 Å². The number of hydrogen-bond acceptors (Lipinski definition) is 3. The Labute approximate surface area is 180 Å². The number of aryl methyl sites for hydroxylation is 2. The van der Waals surface area contributed by atoms with Crippen molar-refractivity contribution in [3.05, 3.63) is 52.4 Å². The van der Waals surface area contributed by atoms with Gasteiger partial charge in [0.1, 0.15) is 5.76 Å². The second-order valence-corrected chi connectivity index (χ2v) is 6.41. The van der Waals surface area contributed by atoms with E-state index in [0.29, 0.717) is 24.6 Å². The number of guanidine groups is 1. The lowest BCUT2D eigenvalue weighted by molar-refractivity contribution is -0.137. The van der Waals surface area contributed by atoms with Crippen LogP contribution in [-0.2, 0) is 12.7 Å². The molecule has 2 rings (SSSR count). The van der Waals surface area contributed by atoms with E-state index >= 15 is 0 Å². The molecule has 9 heteroatoms. The van der Waals surface area contributed by atoms with Crippen molar-refractivity contribution in [3.63, 3.8) is 0 Å². The lowest BCUT2D eigenvalue weighted by atomic mass is 10.00. The predicted octanol–water partition coefficient (Wildman–Crippen LogP) is 4.79. The Hall–Kier alpha value is -1.78. The van der Waals surface area contributed by atoms with Crippen LogP contribution in [0.4, 0.5) is 13.2 Å². The number of aromatic nitrogens is 1. The molecule has 1 unspecified atom stereocenters. The molecule has 0 saturated carbocycles. The van der Waals surface area contributed by atoms with Crippen LogP contribution in [0.2, 0.25) is 0 Å². The Morgan fingerprint density at radius 3 is 2.54 bits per heavy atom. The van der Waals surface area contributed by atoms with Gasteiger partial charge < -0.3 is 15.2 Å². The van der Waals surface area contributed by atoms with Crippen molar-refractivity contribution >= 4 is 29.9 Å². The summed E-state index contributed by atoms with van der Waals surface area (Å²) in [5.41, 5.74) is 1.74. The van der Waals surface area contributed by atoms with E-state index in [9.17, 15) is 13.2 Å². The maximum absolute atomic E-state index is 12.8.